The van der Waals surface area contributed by atoms with Crippen LogP contribution in [0.1, 0.15) is 18.1 Å². The number of aromatic nitrogens is 5. The molecule has 0 amide bonds. The van der Waals surface area contributed by atoms with E-state index in [0.717, 1.165) is 4.88 Å². The molecule has 0 saturated heterocycles. The van der Waals surface area contributed by atoms with Crippen LogP contribution in [0.15, 0.2) is 51.4 Å². The zero-order valence-electron chi connectivity index (χ0n) is 14.0. The normalized spacial score (nSPS) is 12.4. The second kappa shape index (κ2) is 7.00. The minimum absolute atomic E-state index is 0.118. The minimum Gasteiger partial charge on any atom is -0.419 e. The number of hydrogen-bond donors (Lipinski definition) is 0. The van der Waals surface area contributed by atoms with Gasteiger partial charge in [0.05, 0.1) is 15.7 Å². The summed E-state index contributed by atoms with van der Waals surface area (Å²) < 4.78 is 21.5. The third-order valence-corrected chi connectivity index (χ3v) is 5.73. The van der Waals surface area contributed by atoms with Crippen LogP contribution in [0.3, 0.4) is 0 Å². The van der Waals surface area contributed by atoms with Crippen LogP contribution in [0.25, 0.3) is 22.2 Å². The van der Waals surface area contributed by atoms with Gasteiger partial charge in [-0.15, -0.1) is 31.7 Å². The highest BCUT2D eigenvalue weighted by molar-refractivity contribution is 7.99. The van der Waals surface area contributed by atoms with Gasteiger partial charge in [-0.3, -0.25) is 0 Å². The average molecular weight is 387 g/mol. The number of thiophene rings is 1. The van der Waals surface area contributed by atoms with Crippen molar-refractivity contribution in [3.63, 3.8) is 0 Å². The van der Waals surface area contributed by atoms with E-state index in [1.54, 1.807) is 34.1 Å². The summed E-state index contributed by atoms with van der Waals surface area (Å²) in [5, 5.41) is 19.0. The lowest BCUT2D eigenvalue weighted by Gasteiger charge is -2.07. The second-order valence-corrected chi connectivity index (χ2v) is 7.78. The maximum absolute atomic E-state index is 14.0. The molecule has 0 aliphatic carbocycles. The fraction of sp³-hybridized carbons (Fsp3) is 0.176. The highest BCUT2D eigenvalue weighted by Crippen LogP contribution is 2.36. The molecular formula is C17H14FN5OS2. The van der Waals surface area contributed by atoms with Gasteiger partial charge in [0.25, 0.3) is 5.89 Å². The number of rotatable bonds is 5. The Morgan fingerprint density at radius 3 is 2.73 bits per heavy atom. The molecular weight excluding hydrogens is 373 g/mol. The van der Waals surface area contributed by atoms with Gasteiger partial charge in [-0.1, -0.05) is 30.0 Å². The van der Waals surface area contributed by atoms with Gasteiger partial charge in [0.1, 0.15) is 5.82 Å². The van der Waals surface area contributed by atoms with Crippen molar-refractivity contribution in [3.8, 4) is 22.2 Å². The van der Waals surface area contributed by atoms with E-state index >= 15 is 0 Å². The van der Waals surface area contributed by atoms with Crippen molar-refractivity contribution in [1.82, 2.24) is 25.0 Å². The Bertz CT molecular complexity index is 1030. The Balaban J connectivity index is 1.55. The van der Waals surface area contributed by atoms with Crippen LogP contribution in [0.2, 0.25) is 0 Å². The molecule has 0 fully saturated rings. The molecule has 0 N–H and O–H groups in total. The molecule has 0 bridgehead atoms. The fourth-order valence-electron chi connectivity index (χ4n) is 2.40. The lowest BCUT2D eigenvalue weighted by Crippen LogP contribution is -1.98. The molecule has 1 aromatic carbocycles. The first-order valence-electron chi connectivity index (χ1n) is 7.81. The summed E-state index contributed by atoms with van der Waals surface area (Å²) in [4.78, 5) is 0.932. The second-order valence-electron chi connectivity index (χ2n) is 5.53. The molecule has 3 heterocycles. The molecule has 0 aliphatic rings. The minimum atomic E-state index is -0.329. The van der Waals surface area contributed by atoms with E-state index in [1.165, 1.54) is 17.8 Å². The molecule has 9 heteroatoms. The summed E-state index contributed by atoms with van der Waals surface area (Å²) >= 11 is 2.97. The van der Waals surface area contributed by atoms with Crippen LogP contribution in [-0.2, 0) is 7.05 Å². The predicted molar refractivity (Wildman–Crippen MR) is 98.3 cm³/mol. The molecule has 1 atom stereocenters. The molecule has 132 valence electrons. The highest BCUT2D eigenvalue weighted by atomic mass is 32.2. The SMILES string of the molecule is C[C@@H](Sc1nnc(-c2ccccc2F)n1C)c1nnc(-c2cccs2)o1. The van der Waals surface area contributed by atoms with Crippen molar-refractivity contribution in [2.24, 2.45) is 7.05 Å². The topological polar surface area (TPSA) is 69.6 Å². The van der Waals surface area contributed by atoms with E-state index in [2.05, 4.69) is 20.4 Å². The Kier molecular flexibility index (Phi) is 4.56. The van der Waals surface area contributed by atoms with E-state index in [4.69, 9.17) is 4.42 Å². The van der Waals surface area contributed by atoms with Crippen LogP contribution in [-0.4, -0.2) is 25.0 Å². The summed E-state index contributed by atoms with van der Waals surface area (Å²) in [5.74, 6) is 1.16. The van der Waals surface area contributed by atoms with Crippen LogP contribution in [0, 0.1) is 5.82 Å². The number of hydrogen-bond acceptors (Lipinski definition) is 7. The van der Waals surface area contributed by atoms with Crippen molar-refractivity contribution >= 4 is 23.1 Å². The molecule has 0 saturated carbocycles. The Labute approximate surface area is 157 Å². The van der Waals surface area contributed by atoms with E-state index in [-0.39, 0.29) is 11.1 Å². The van der Waals surface area contributed by atoms with Crippen LogP contribution in [0.4, 0.5) is 4.39 Å². The first-order chi connectivity index (χ1) is 12.6. The van der Waals surface area contributed by atoms with Gasteiger partial charge in [-0.05, 0) is 30.5 Å². The van der Waals surface area contributed by atoms with Crippen LogP contribution >= 0.6 is 23.1 Å². The number of benzene rings is 1. The van der Waals surface area contributed by atoms with Gasteiger partial charge in [0.2, 0.25) is 5.89 Å². The lowest BCUT2D eigenvalue weighted by atomic mass is 10.2. The zero-order valence-corrected chi connectivity index (χ0v) is 15.6. The predicted octanol–water partition coefficient (Wildman–Crippen LogP) is 4.59. The molecule has 0 spiro atoms. The van der Waals surface area contributed by atoms with E-state index in [1.807, 2.05) is 31.5 Å². The van der Waals surface area contributed by atoms with Gasteiger partial charge in [-0.2, -0.15) is 0 Å². The van der Waals surface area contributed by atoms with E-state index in [0.29, 0.717) is 28.3 Å². The molecule has 0 aliphatic heterocycles. The largest absolute Gasteiger partial charge is 0.419 e. The van der Waals surface area contributed by atoms with E-state index in [9.17, 15) is 4.39 Å². The Hall–Kier alpha value is -2.52. The highest BCUT2D eigenvalue weighted by Gasteiger charge is 2.21. The number of thioether (sulfide) groups is 1. The summed E-state index contributed by atoms with van der Waals surface area (Å²) in [6, 6.07) is 10.4. The maximum atomic E-state index is 14.0. The standard InChI is InChI=1S/C17H14FN5OS2/c1-10(15-20-21-16(24-15)13-8-5-9-25-13)26-17-22-19-14(23(17)2)11-6-3-4-7-12(11)18/h3-10H,1-2H3/t10-/m1/s1. The maximum Gasteiger partial charge on any atom is 0.257 e. The molecule has 0 radical (unpaired) electrons. The summed E-state index contributed by atoms with van der Waals surface area (Å²) in [5.41, 5.74) is 0.416. The molecule has 26 heavy (non-hydrogen) atoms. The van der Waals surface area contributed by atoms with Gasteiger partial charge in [0.15, 0.2) is 11.0 Å². The first-order valence-corrected chi connectivity index (χ1v) is 9.57. The molecule has 4 aromatic rings. The Morgan fingerprint density at radius 1 is 1.12 bits per heavy atom. The lowest BCUT2D eigenvalue weighted by molar-refractivity contribution is 0.509. The van der Waals surface area contributed by atoms with Gasteiger partial charge in [0, 0.05) is 7.05 Å². The number of nitrogens with zero attached hydrogens (tertiary/aromatic N) is 5. The molecule has 3 aromatic heterocycles. The molecule has 4 rings (SSSR count). The van der Waals surface area contributed by atoms with Crippen molar-refractivity contribution in [3.05, 3.63) is 53.5 Å². The van der Waals surface area contributed by atoms with Crippen molar-refractivity contribution in [1.29, 1.82) is 0 Å². The summed E-state index contributed by atoms with van der Waals surface area (Å²) in [7, 11) is 1.81. The van der Waals surface area contributed by atoms with Gasteiger partial charge < -0.3 is 8.98 Å². The third kappa shape index (κ3) is 3.15. The smallest absolute Gasteiger partial charge is 0.257 e. The third-order valence-electron chi connectivity index (χ3n) is 3.75. The number of halogens is 1. The van der Waals surface area contributed by atoms with Gasteiger partial charge in [-0.25, -0.2) is 4.39 Å². The molecule has 6 nitrogen and oxygen atoms in total. The van der Waals surface area contributed by atoms with Crippen LogP contribution < -0.4 is 0 Å². The first kappa shape index (κ1) is 16.9. The van der Waals surface area contributed by atoms with Crippen molar-refractivity contribution < 1.29 is 8.81 Å². The average Bonchev–Trinajstić information content (AvgIpc) is 3.37. The van der Waals surface area contributed by atoms with Crippen molar-refractivity contribution in [2.75, 3.05) is 0 Å². The fourth-order valence-corrected chi connectivity index (χ4v) is 3.89. The van der Waals surface area contributed by atoms with Crippen molar-refractivity contribution in [2.45, 2.75) is 17.3 Å². The van der Waals surface area contributed by atoms with Gasteiger partial charge >= 0.3 is 0 Å². The quantitative estimate of drug-likeness (QED) is 0.467. The Morgan fingerprint density at radius 2 is 1.96 bits per heavy atom. The summed E-state index contributed by atoms with van der Waals surface area (Å²) in [6.07, 6.45) is 0. The van der Waals surface area contributed by atoms with Crippen LogP contribution in [0.5, 0.6) is 0 Å². The zero-order chi connectivity index (χ0) is 18.1. The monoisotopic (exact) mass is 387 g/mol. The molecule has 0 unspecified atom stereocenters. The summed E-state index contributed by atoms with van der Waals surface area (Å²) in [6.45, 7) is 1.95. The van der Waals surface area contributed by atoms with E-state index < -0.39 is 0 Å².